The summed E-state index contributed by atoms with van der Waals surface area (Å²) < 4.78 is 0. The van der Waals surface area contributed by atoms with Crippen molar-refractivity contribution < 1.29 is 4.79 Å². The number of rotatable bonds is 5. The molecule has 1 unspecified atom stereocenters. The molecule has 0 aromatic rings. The average molecular weight is 227 g/mol. The molecule has 1 fully saturated rings. The molecule has 1 saturated carbocycles. The van der Waals surface area contributed by atoms with E-state index in [0.717, 1.165) is 12.5 Å². The maximum absolute atomic E-state index is 10.8. The molecule has 0 aromatic carbocycles. The zero-order valence-electron chi connectivity index (χ0n) is 10.5. The third kappa shape index (κ3) is 4.10. The Labute approximate surface area is 98.3 Å². The summed E-state index contributed by atoms with van der Waals surface area (Å²) in [6.07, 6.45) is 5.83. The van der Waals surface area contributed by atoms with E-state index in [-0.39, 0.29) is 0 Å². The highest BCUT2D eigenvalue weighted by atomic mass is 16.1. The summed E-state index contributed by atoms with van der Waals surface area (Å²) in [4.78, 5) is 13.1. The fourth-order valence-corrected chi connectivity index (χ4v) is 2.35. The molecular weight excluding hydrogens is 202 g/mol. The molecule has 94 valence electrons. The van der Waals surface area contributed by atoms with Crippen LogP contribution >= 0.6 is 0 Å². The standard InChI is InChI=1S/C12H25N3O/c1-9-3-5-10(6-4-9)15(2)8-7-11(13)12(14)16/h9-11H,3-8,13H2,1-2H3,(H2,14,16). The molecule has 4 N–H and O–H groups in total. The molecule has 1 aliphatic rings. The molecule has 4 nitrogen and oxygen atoms in total. The van der Waals surface area contributed by atoms with Gasteiger partial charge in [-0.25, -0.2) is 0 Å². The van der Waals surface area contributed by atoms with E-state index in [1.165, 1.54) is 25.7 Å². The van der Waals surface area contributed by atoms with Gasteiger partial charge < -0.3 is 16.4 Å². The highest BCUT2D eigenvalue weighted by Crippen LogP contribution is 2.26. The third-order valence-electron chi connectivity index (χ3n) is 3.77. The van der Waals surface area contributed by atoms with Gasteiger partial charge in [-0.15, -0.1) is 0 Å². The highest BCUT2D eigenvalue weighted by molar-refractivity contribution is 5.79. The Morgan fingerprint density at radius 2 is 1.94 bits per heavy atom. The van der Waals surface area contributed by atoms with Gasteiger partial charge in [0.2, 0.25) is 5.91 Å². The topological polar surface area (TPSA) is 72.3 Å². The van der Waals surface area contributed by atoms with Gasteiger partial charge >= 0.3 is 0 Å². The lowest BCUT2D eigenvalue weighted by atomic mass is 9.86. The fraction of sp³-hybridized carbons (Fsp3) is 0.917. The SMILES string of the molecule is CC1CCC(N(C)CCC(N)C(N)=O)CC1. The molecule has 0 saturated heterocycles. The molecule has 4 heteroatoms. The van der Waals surface area contributed by atoms with E-state index >= 15 is 0 Å². The minimum absolute atomic E-state index is 0.398. The summed E-state index contributed by atoms with van der Waals surface area (Å²) in [6.45, 7) is 3.18. The van der Waals surface area contributed by atoms with E-state index < -0.39 is 11.9 Å². The summed E-state index contributed by atoms with van der Waals surface area (Å²) in [5, 5.41) is 0. The van der Waals surface area contributed by atoms with Crippen molar-refractivity contribution in [3.63, 3.8) is 0 Å². The zero-order chi connectivity index (χ0) is 12.1. The number of carbonyl (C=O) groups is 1. The van der Waals surface area contributed by atoms with Crippen LogP contribution < -0.4 is 11.5 Å². The van der Waals surface area contributed by atoms with Crippen LogP contribution in [-0.2, 0) is 4.79 Å². The number of carbonyl (C=O) groups excluding carboxylic acids is 1. The highest BCUT2D eigenvalue weighted by Gasteiger charge is 2.22. The number of amides is 1. The summed E-state index contributed by atoms with van der Waals surface area (Å²) in [6, 6.07) is 0.168. The Morgan fingerprint density at radius 1 is 1.38 bits per heavy atom. The Morgan fingerprint density at radius 3 is 2.44 bits per heavy atom. The maximum Gasteiger partial charge on any atom is 0.234 e. The minimum Gasteiger partial charge on any atom is -0.368 e. The molecule has 16 heavy (non-hydrogen) atoms. The first kappa shape index (κ1) is 13.5. The molecule has 0 spiro atoms. The van der Waals surface area contributed by atoms with Crippen molar-refractivity contribution >= 4 is 5.91 Å². The largest absolute Gasteiger partial charge is 0.368 e. The molecule has 0 heterocycles. The summed E-state index contributed by atoms with van der Waals surface area (Å²) in [5.74, 6) is 0.475. The average Bonchev–Trinajstić information content (AvgIpc) is 2.26. The Balaban J connectivity index is 2.24. The lowest BCUT2D eigenvalue weighted by molar-refractivity contribution is -0.119. The fourth-order valence-electron chi connectivity index (χ4n) is 2.35. The van der Waals surface area contributed by atoms with Crippen LogP contribution in [0.3, 0.4) is 0 Å². The van der Waals surface area contributed by atoms with Gasteiger partial charge in [-0.3, -0.25) is 4.79 Å². The van der Waals surface area contributed by atoms with Crippen molar-refractivity contribution in [3.8, 4) is 0 Å². The predicted molar refractivity (Wildman–Crippen MR) is 65.8 cm³/mol. The van der Waals surface area contributed by atoms with Crippen molar-refractivity contribution in [2.75, 3.05) is 13.6 Å². The molecule has 1 rings (SSSR count). The van der Waals surface area contributed by atoms with Crippen LogP contribution in [0.15, 0.2) is 0 Å². The monoisotopic (exact) mass is 227 g/mol. The number of primary amides is 1. The van der Waals surface area contributed by atoms with E-state index in [2.05, 4.69) is 18.9 Å². The number of nitrogens with zero attached hydrogens (tertiary/aromatic N) is 1. The van der Waals surface area contributed by atoms with Crippen molar-refractivity contribution in [1.82, 2.24) is 4.90 Å². The normalized spacial score (nSPS) is 28.0. The molecule has 0 radical (unpaired) electrons. The Hall–Kier alpha value is -0.610. The number of hydrogen-bond donors (Lipinski definition) is 2. The van der Waals surface area contributed by atoms with Crippen LogP contribution in [0.1, 0.15) is 39.0 Å². The van der Waals surface area contributed by atoms with Crippen LogP contribution in [0, 0.1) is 5.92 Å². The van der Waals surface area contributed by atoms with Crippen LogP contribution in [0.25, 0.3) is 0 Å². The zero-order valence-corrected chi connectivity index (χ0v) is 10.5. The van der Waals surface area contributed by atoms with Crippen LogP contribution in [0.4, 0.5) is 0 Å². The van der Waals surface area contributed by atoms with Crippen molar-refractivity contribution in [2.45, 2.75) is 51.1 Å². The Kier molecular flexibility index (Phi) is 5.22. The van der Waals surface area contributed by atoms with E-state index in [1.807, 2.05) is 0 Å². The summed E-state index contributed by atoms with van der Waals surface area (Å²) >= 11 is 0. The molecule has 1 atom stereocenters. The molecule has 1 aliphatic carbocycles. The second-order valence-electron chi connectivity index (χ2n) is 5.19. The number of nitrogens with two attached hydrogens (primary N) is 2. The van der Waals surface area contributed by atoms with Gasteiger partial charge in [-0.2, -0.15) is 0 Å². The summed E-state index contributed by atoms with van der Waals surface area (Å²) in [5.41, 5.74) is 10.8. The summed E-state index contributed by atoms with van der Waals surface area (Å²) in [7, 11) is 2.12. The van der Waals surface area contributed by atoms with E-state index in [9.17, 15) is 4.79 Å². The van der Waals surface area contributed by atoms with Gasteiger partial charge in [0, 0.05) is 12.6 Å². The van der Waals surface area contributed by atoms with Crippen molar-refractivity contribution in [2.24, 2.45) is 17.4 Å². The minimum atomic E-state index is -0.495. The van der Waals surface area contributed by atoms with Crippen LogP contribution in [0.2, 0.25) is 0 Å². The van der Waals surface area contributed by atoms with Gasteiger partial charge in [-0.05, 0) is 45.1 Å². The second-order valence-corrected chi connectivity index (χ2v) is 5.19. The Bertz CT molecular complexity index is 224. The van der Waals surface area contributed by atoms with Crippen molar-refractivity contribution in [1.29, 1.82) is 0 Å². The molecular formula is C12H25N3O. The van der Waals surface area contributed by atoms with Crippen molar-refractivity contribution in [3.05, 3.63) is 0 Å². The van der Waals surface area contributed by atoms with Gasteiger partial charge in [-0.1, -0.05) is 6.92 Å². The second kappa shape index (κ2) is 6.21. The van der Waals surface area contributed by atoms with Gasteiger partial charge in [0.15, 0.2) is 0 Å². The van der Waals surface area contributed by atoms with E-state index in [0.29, 0.717) is 12.5 Å². The van der Waals surface area contributed by atoms with E-state index in [1.54, 1.807) is 0 Å². The smallest absolute Gasteiger partial charge is 0.234 e. The van der Waals surface area contributed by atoms with Gasteiger partial charge in [0.05, 0.1) is 6.04 Å². The van der Waals surface area contributed by atoms with Gasteiger partial charge in [0.25, 0.3) is 0 Å². The maximum atomic E-state index is 10.8. The molecule has 0 aromatic heterocycles. The lowest BCUT2D eigenvalue weighted by Gasteiger charge is -2.33. The lowest BCUT2D eigenvalue weighted by Crippen LogP contribution is -2.42. The van der Waals surface area contributed by atoms with Crippen LogP contribution in [0.5, 0.6) is 0 Å². The van der Waals surface area contributed by atoms with Gasteiger partial charge in [0.1, 0.15) is 0 Å². The quantitative estimate of drug-likeness (QED) is 0.726. The van der Waals surface area contributed by atoms with E-state index in [4.69, 9.17) is 11.5 Å². The third-order valence-corrected chi connectivity index (χ3v) is 3.77. The van der Waals surface area contributed by atoms with Crippen LogP contribution in [-0.4, -0.2) is 36.5 Å². The number of hydrogen-bond acceptors (Lipinski definition) is 3. The molecule has 1 amide bonds. The molecule has 0 aliphatic heterocycles. The predicted octanol–water partition coefficient (Wildman–Crippen LogP) is 0.700. The first-order valence-corrected chi connectivity index (χ1v) is 6.26. The molecule has 0 bridgehead atoms. The first-order chi connectivity index (χ1) is 7.50. The first-order valence-electron chi connectivity index (χ1n) is 6.26.